The highest BCUT2D eigenvalue weighted by Crippen LogP contribution is 2.19. The fourth-order valence-electron chi connectivity index (χ4n) is 3.12. The molecule has 0 aliphatic carbocycles. The van der Waals surface area contributed by atoms with Crippen molar-refractivity contribution >= 4 is 36.6 Å². The van der Waals surface area contributed by atoms with Gasteiger partial charge in [-0.15, -0.1) is 24.8 Å². The minimum atomic E-state index is -0.291. The molecule has 0 radical (unpaired) electrons. The van der Waals surface area contributed by atoms with E-state index in [-0.39, 0.29) is 49.7 Å². The molecule has 1 aromatic carbocycles. The molecule has 1 fully saturated rings. The van der Waals surface area contributed by atoms with Gasteiger partial charge >= 0.3 is 0 Å². The lowest BCUT2D eigenvalue weighted by Crippen LogP contribution is -2.46. The van der Waals surface area contributed by atoms with Gasteiger partial charge in [-0.05, 0) is 31.4 Å². The molecule has 1 heterocycles. The highest BCUT2D eigenvalue weighted by Gasteiger charge is 2.23. The van der Waals surface area contributed by atoms with E-state index in [4.69, 9.17) is 5.73 Å². The zero-order chi connectivity index (χ0) is 17.4. The smallest absolute Gasteiger partial charge is 0.241 e. The summed E-state index contributed by atoms with van der Waals surface area (Å²) in [6, 6.07) is 10.5. The lowest BCUT2D eigenvalue weighted by molar-refractivity contribution is -0.133. The molecular weight excluding hydrogens is 375 g/mol. The number of piperidine rings is 1. The lowest BCUT2D eigenvalue weighted by Gasteiger charge is -2.34. The summed E-state index contributed by atoms with van der Waals surface area (Å²) in [5, 5.41) is 2.54. The number of rotatable bonds is 7. The topological polar surface area (TPSA) is 78.7 Å². The number of carbonyl (C=O) groups is 2. The Bertz CT molecular complexity index is 537. The van der Waals surface area contributed by atoms with E-state index in [0.717, 1.165) is 39.0 Å². The van der Waals surface area contributed by atoms with Crippen LogP contribution in [0.5, 0.6) is 0 Å². The van der Waals surface area contributed by atoms with E-state index < -0.39 is 0 Å². The molecule has 1 saturated heterocycles. The lowest BCUT2D eigenvalue weighted by atomic mass is 9.96. The SMILES string of the molecule is CN(Cc1ccccc1)CC1CCN(C(=O)CNC(=O)CN)CC1.Cl.Cl. The number of hydrogen-bond acceptors (Lipinski definition) is 4. The molecule has 1 aromatic rings. The van der Waals surface area contributed by atoms with Crippen LogP contribution in [0.15, 0.2) is 30.3 Å². The van der Waals surface area contributed by atoms with Gasteiger partial charge in [-0.25, -0.2) is 0 Å². The van der Waals surface area contributed by atoms with Crippen LogP contribution in [0.2, 0.25) is 0 Å². The van der Waals surface area contributed by atoms with Crippen molar-refractivity contribution in [1.82, 2.24) is 15.1 Å². The van der Waals surface area contributed by atoms with Crippen molar-refractivity contribution in [2.45, 2.75) is 19.4 Å². The molecule has 3 N–H and O–H groups in total. The number of nitrogens with two attached hydrogens (primary N) is 1. The first kappa shape index (κ1) is 24.7. The number of hydrogen-bond donors (Lipinski definition) is 2. The predicted octanol–water partition coefficient (Wildman–Crippen LogP) is 1.28. The van der Waals surface area contributed by atoms with Crippen LogP contribution in [0, 0.1) is 5.92 Å². The maximum atomic E-state index is 12.0. The first-order valence-electron chi connectivity index (χ1n) is 8.55. The van der Waals surface area contributed by atoms with Crippen LogP contribution in [0.3, 0.4) is 0 Å². The summed E-state index contributed by atoms with van der Waals surface area (Å²) in [6.07, 6.45) is 2.02. The van der Waals surface area contributed by atoms with Crippen molar-refractivity contribution < 1.29 is 9.59 Å². The number of carbonyl (C=O) groups excluding carboxylic acids is 2. The predicted molar refractivity (Wildman–Crippen MR) is 109 cm³/mol. The van der Waals surface area contributed by atoms with Crippen LogP contribution >= 0.6 is 24.8 Å². The van der Waals surface area contributed by atoms with Gasteiger partial charge in [0.25, 0.3) is 0 Å². The first-order chi connectivity index (χ1) is 11.6. The summed E-state index contributed by atoms with van der Waals surface area (Å²) in [7, 11) is 2.15. The molecule has 0 unspecified atom stereocenters. The van der Waals surface area contributed by atoms with Crippen LogP contribution in [0.4, 0.5) is 0 Å². The van der Waals surface area contributed by atoms with Crippen molar-refractivity contribution in [3.8, 4) is 0 Å². The Kier molecular flexibility index (Phi) is 12.3. The largest absolute Gasteiger partial charge is 0.346 e. The Labute approximate surface area is 168 Å². The van der Waals surface area contributed by atoms with Crippen molar-refractivity contribution in [3.63, 3.8) is 0 Å². The standard InChI is InChI=1S/C18H28N4O2.2ClH/c1-21(13-15-5-3-2-4-6-15)14-16-7-9-22(10-8-16)18(24)12-20-17(23)11-19;;/h2-6,16H,7-14,19H2,1H3,(H,20,23);2*1H. The summed E-state index contributed by atoms with van der Waals surface area (Å²) in [4.78, 5) is 27.3. The third-order valence-electron chi connectivity index (χ3n) is 4.45. The summed E-state index contributed by atoms with van der Waals surface area (Å²) in [6.45, 7) is 3.49. The second-order valence-corrected chi connectivity index (χ2v) is 6.49. The molecule has 1 aliphatic heterocycles. The molecular formula is C18H30Cl2N4O2. The van der Waals surface area contributed by atoms with Gasteiger partial charge in [-0.1, -0.05) is 30.3 Å². The van der Waals surface area contributed by atoms with E-state index in [1.54, 1.807) is 0 Å². The van der Waals surface area contributed by atoms with Crippen LogP contribution in [0.25, 0.3) is 0 Å². The van der Waals surface area contributed by atoms with Gasteiger partial charge in [0.2, 0.25) is 11.8 Å². The van der Waals surface area contributed by atoms with Crippen LogP contribution in [0.1, 0.15) is 18.4 Å². The summed E-state index contributed by atoms with van der Waals surface area (Å²) >= 11 is 0. The molecule has 2 amide bonds. The maximum absolute atomic E-state index is 12.0. The van der Waals surface area contributed by atoms with E-state index in [1.165, 1.54) is 5.56 Å². The molecule has 0 saturated carbocycles. The minimum absolute atomic E-state index is 0. The average Bonchev–Trinajstić information content (AvgIpc) is 2.60. The number of halogens is 2. The number of amides is 2. The second kappa shape index (κ2) is 12.9. The van der Waals surface area contributed by atoms with Gasteiger partial charge in [-0.3, -0.25) is 9.59 Å². The molecule has 1 aliphatic rings. The van der Waals surface area contributed by atoms with Gasteiger partial charge in [0.05, 0.1) is 13.1 Å². The highest BCUT2D eigenvalue weighted by atomic mass is 35.5. The monoisotopic (exact) mass is 404 g/mol. The van der Waals surface area contributed by atoms with Crippen LogP contribution in [-0.4, -0.2) is 61.4 Å². The Morgan fingerprint density at radius 2 is 1.81 bits per heavy atom. The van der Waals surface area contributed by atoms with Crippen molar-refractivity contribution in [2.24, 2.45) is 11.7 Å². The molecule has 148 valence electrons. The van der Waals surface area contributed by atoms with Crippen LogP contribution in [-0.2, 0) is 16.1 Å². The Morgan fingerprint density at radius 3 is 2.38 bits per heavy atom. The summed E-state index contributed by atoms with van der Waals surface area (Å²) in [5.41, 5.74) is 6.54. The number of benzene rings is 1. The van der Waals surface area contributed by atoms with Crippen molar-refractivity contribution in [2.75, 3.05) is 39.8 Å². The zero-order valence-electron chi connectivity index (χ0n) is 15.2. The zero-order valence-corrected chi connectivity index (χ0v) is 16.9. The summed E-state index contributed by atoms with van der Waals surface area (Å²) in [5.74, 6) is 0.301. The fourth-order valence-corrected chi connectivity index (χ4v) is 3.12. The molecule has 6 nitrogen and oxygen atoms in total. The third-order valence-corrected chi connectivity index (χ3v) is 4.45. The third kappa shape index (κ3) is 8.36. The molecule has 0 aromatic heterocycles. The molecule has 26 heavy (non-hydrogen) atoms. The van der Waals surface area contributed by atoms with Crippen molar-refractivity contribution in [3.05, 3.63) is 35.9 Å². The van der Waals surface area contributed by atoms with E-state index >= 15 is 0 Å². The molecule has 0 spiro atoms. The van der Waals surface area contributed by atoms with E-state index in [1.807, 2.05) is 11.0 Å². The fraction of sp³-hybridized carbons (Fsp3) is 0.556. The van der Waals surface area contributed by atoms with Gasteiger partial charge in [0.15, 0.2) is 0 Å². The van der Waals surface area contributed by atoms with E-state index in [9.17, 15) is 9.59 Å². The average molecular weight is 405 g/mol. The highest BCUT2D eigenvalue weighted by molar-refractivity contribution is 5.86. The van der Waals surface area contributed by atoms with Gasteiger partial charge in [0.1, 0.15) is 0 Å². The van der Waals surface area contributed by atoms with Gasteiger partial charge in [0, 0.05) is 26.2 Å². The minimum Gasteiger partial charge on any atom is -0.346 e. The quantitative estimate of drug-likeness (QED) is 0.717. The molecule has 2 rings (SSSR count). The summed E-state index contributed by atoms with van der Waals surface area (Å²) < 4.78 is 0. The van der Waals surface area contributed by atoms with E-state index in [2.05, 4.69) is 41.5 Å². The molecule has 0 atom stereocenters. The second-order valence-electron chi connectivity index (χ2n) is 6.49. The van der Waals surface area contributed by atoms with Gasteiger partial charge in [-0.2, -0.15) is 0 Å². The molecule has 8 heteroatoms. The van der Waals surface area contributed by atoms with Gasteiger partial charge < -0.3 is 20.9 Å². The Hall–Kier alpha value is -1.34. The number of likely N-dealkylation sites (tertiary alicyclic amines) is 1. The Balaban J connectivity index is 0.00000312. The number of nitrogens with one attached hydrogen (secondary N) is 1. The van der Waals surface area contributed by atoms with E-state index in [0.29, 0.717) is 5.92 Å². The maximum Gasteiger partial charge on any atom is 0.241 e. The first-order valence-corrected chi connectivity index (χ1v) is 8.55. The number of nitrogens with zero attached hydrogens (tertiary/aromatic N) is 2. The molecule has 0 bridgehead atoms. The normalized spacial score (nSPS) is 14.3. The van der Waals surface area contributed by atoms with Crippen LogP contribution < -0.4 is 11.1 Å². The van der Waals surface area contributed by atoms with Crippen molar-refractivity contribution in [1.29, 1.82) is 0 Å². The Morgan fingerprint density at radius 1 is 1.19 bits per heavy atom.